The fraction of sp³-hybridized carbons (Fsp3) is 0.200. The Morgan fingerprint density at radius 3 is 2.70 bits per heavy atom. The van der Waals surface area contributed by atoms with E-state index in [4.69, 9.17) is 4.74 Å². The first-order valence-electron chi connectivity index (χ1n) is 8.40. The van der Waals surface area contributed by atoms with Crippen LogP contribution in [0.5, 0.6) is 11.5 Å². The van der Waals surface area contributed by atoms with E-state index >= 15 is 0 Å². The van der Waals surface area contributed by atoms with Crippen molar-refractivity contribution in [2.45, 2.75) is 27.2 Å². The summed E-state index contributed by atoms with van der Waals surface area (Å²) in [4.78, 5) is 38.9. The lowest BCUT2D eigenvalue weighted by atomic mass is 10.2. The van der Waals surface area contributed by atoms with Gasteiger partial charge in [-0.2, -0.15) is 0 Å². The van der Waals surface area contributed by atoms with Crippen molar-refractivity contribution in [1.82, 2.24) is 9.38 Å². The third kappa shape index (κ3) is 3.72. The molecule has 2 aromatic heterocycles. The summed E-state index contributed by atoms with van der Waals surface area (Å²) < 4.78 is 7.73. The Morgan fingerprint density at radius 2 is 2.00 bits per heavy atom. The minimum atomic E-state index is -0.406. The maximum absolute atomic E-state index is 12.0. The van der Waals surface area contributed by atoms with E-state index < -0.39 is 5.91 Å². The molecule has 1 N–H and O–H groups in total. The molecule has 0 saturated heterocycles. The number of aryl methyl sites for hydroxylation is 2. The molecule has 3 aromatic rings. The van der Waals surface area contributed by atoms with Crippen LogP contribution in [0.2, 0.25) is 0 Å². The Hall–Kier alpha value is -3.48. The van der Waals surface area contributed by atoms with Gasteiger partial charge in [-0.15, -0.1) is 0 Å². The summed E-state index contributed by atoms with van der Waals surface area (Å²) in [5, 5.41) is 2.71. The second-order valence-corrected chi connectivity index (χ2v) is 6.25. The van der Waals surface area contributed by atoms with Gasteiger partial charge in [-0.1, -0.05) is 12.1 Å². The number of hydrogen-bond acceptors (Lipinski definition) is 5. The van der Waals surface area contributed by atoms with Crippen molar-refractivity contribution in [1.29, 1.82) is 0 Å². The second kappa shape index (κ2) is 7.41. The lowest BCUT2D eigenvalue weighted by Crippen LogP contribution is -2.15. The topological polar surface area (TPSA) is 89.8 Å². The number of imidazole rings is 1. The zero-order valence-electron chi connectivity index (χ0n) is 15.3. The Bertz CT molecular complexity index is 1050. The maximum atomic E-state index is 12.0. The molecule has 0 spiro atoms. The van der Waals surface area contributed by atoms with Crippen LogP contribution >= 0.6 is 0 Å². The van der Waals surface area contributed by atoms with Crippen LogP contribution in [0.15, 0.2) is 36.5 Å². The van der Waals surface area contributed by atoms with Crippen LogP contribution in [-0.4, -0.2) is 27.4 Å². The Morgan fingerprint density at radius 1 is 1.22 bits per heavy atom. The molecule has 3 rings (SSSR count). The van der Waals surface area contributed by atoms with Gasteiger partial charge in [0, 0.05) is 6.20 Å². The summed E-state index contributed by atoms with van der Waals surface area (Å²) in [6.45, 7) is 4.96. The fourth-order valence-electron chi connectivity index (χ4n) is 2.81. The normalized spacial score (nSPS) is 10.6. The van der Waals surface area contributed by atoms with Crippen molar-refractivity contribution in [2.75, 3.05) is 5.32 Å². The number of ether oxygens (including phenoxy) is 1. The summed E-state index contributed by atoms with van der Waals surface area (Å²) in [6, 6.07) is 8.83. The molecule has 0 atom stereocenters. The van der Waals surface area contributed by atoms with Gasteiger partial charge >= 0.3 is 0 Å². The number of nitrogens with zero attached hydrogens (tertiary/aromatic N) is 2. The van der Waals surface area contributed by atoms with Gasteiger partial charge in [0.15, 0.2) is 23.4 Å². The van der Waals surface area contributed by atoms with Crippen LogP contribution in [0.25, 0.3) is 5.65 Å². The molecule has 7 heteroatoms. The van der Waals surface area contributed by atoms with E-state index in [0.29, 0.717) is 34.2 Å². The average Bonchev–Trinajstić information content (AvgIpc) is 2.93. The number of pyridine rings is 1. The molecule has 7 nitrogen and oxygen atoms in total. The van der Waals surface area contributed by atoms with Gasteiger partial charge in [-0.25, -0.2) is 4.98 Å². The summed E-state index contributed by atoms with van der Waals surface area (Å²) in [7, 11) is 0. The summed E-state index contributed by atoms with van der Waals surface area (Å²) >= 11 is 0. The maximum Gasteiger partial charge on any atom is 0.231 e. The molecule has 138 valence electrons. The highest BCUT2D eigenvalue weighted by Gasteiger charge is 2.16. The molecule has 0 aliphatic rings. The van der Waals surface area contributed by atoms with E-state index in [1.807, 2.05) is 13.0 Å². The van der Waals surface area contributed by atoms with Crippen molar-refractivity contribution in [2.24, 2.45) is 0 Å². The molecule has 0 aliphatic heterocycles. The average molecular weight is 365 g/mol. The van der Waals surface area contributed by atoms with Gasteiger partial charge in [0.1, 0.15) is 11.5 Å². The van der Waals surface area contributed by atoms with Crippen molar-refractivity contribution in [3.63, 3.8) is 0 Å². The molecule has 0 radical (unpaired) electrons. The number of amides is 1. The highest BCUT2D eigenvalue weighted by atomic mass is 16.5. The Labute approximate surface area is 156 Å². The SMILES string of the molecule is CC(=O)CC(=O)Nc1cccc(C)c1Oc1cccn2c(C=O)c(C)nc12. The van der Waals surface area contributed by atoms with E-state index in [9.17, 15) is 14.4 Å². The standard InChI is InChI=1S/C20H19N3O4/c1-12-6-4-7-15(22-18(26)10-13(2)25)19(12)27-17-8-5-9-23-16(11-24)14(3)21-20(17)23/h4-9,11H,10H2,1-3H3,(H,22,26). The number of benzene rings is 1. The summed E-state index contributed by atoms with van der Waals surface area (Å²) in [5.41, 5.74) is 2.82. The lowest BCUT2D eigenvalue weighted by molar-refractivity contribution is -0.124. The van der Waals surface area contributed by atoms with Crippen LogP contribution in [0, 0.1) is 13.8 Å². The van der Waals surface area contributed by atoms with Crippen LogP contribution < -0.4 is 10.1 Å². The van der Waals surface area contributed by atoms with Crippen molar-refractivity contribution in [3.05, 3.63) is 53.5 Å². The predicted octanol–water partition coefficient (Wildman–Crippen LogP) is 3.47. The van der Waals surface area contributed by atoms with E-state index in [1.54, 1.807) is 41.8 Å². The number of Topliss-reactive ketones (excluding diaryl/α,β-unsaturated/α-hetero) is 1. The van der Waals surface area contributed by atoms with Crippen LogP contribution in [0.3, 0.4) is 0 Å². The first kappa shape index (κ1) is 18.3. The van der Waals surface area contributed by atoms with Crippen molar-refractivity contribution in [3.8, 4) is 11.5 Å². The van der Waals surface area contributed by atoms with E-state index in [1.165, 1.54) is 6.92 Å². The first-order valence-corrected chi connectivity index (χ1v) is 8.40. The van der Waals surface area contributed by atoms with Crippen molar-refractivity contribution >= 4 is 29.3 Å². The number of para-hydroxylation sites is 1. The number of carbonyl (C=O) groups excluding carboxylic acids is 3. The number of carbonyl (C=O) groups is 3. The van der Waals surface area contributed by atoms with E-state index in [0.717, 1.165) is 11.8 Å². The second-order valence-electron chi connectivity index (χ2n) is 6.25. The summed E-state index contributed by atoms with van der Waals surface area (Å²) in [6.07, 6.45) is 2.28. The number of ketones is 1. The zero-order chi connectivity index (χ0) is 19.6. The third-order valence-electron chi connectivity index (χ3n) is 4.05. The minimum Gasteiger partial charge on any atom is -0.451 e. The molecule has 0 fully saturated rings. The van der Waals surface area contributed by atoms with Gasteiger partial charge in [-0.05, 0) is 44.5 Å². The molecule has 0 unspecified atom stereocenters. The van der Waals surface area contributed by atoms with Gasteiger partial charge in [0.05, 0.1) is 17.8 Å². The zero-order valence-corrected chi connectivity index (χ0v) is 15.3. The minimum absolute atomic E-state index is 0.203. The highest BCUT2D eigenvalue weighted by molar-refractivity contribution is 6.04. The molecule has 0 aliphatic carbocycles. The number of fused-ring (bicyclic) bond motifs is 1. The third-order valence-corrected chi connectivity index (χ3v) is 4.05. The monoisotopic (exact) mass is 365 g/mol. The molecular formula is C20H19N3O4. The largest absolute Gasteiger partial charge is 0.451 e. The van der Waals surface area contributed by atoms with Gasteiger partial charge in [0.2, 0.25) is 5.91 Å². The van der Waals surface area contributed by atoms with E-state index in [2.05, 4.69) is 10.3 Å². The summed E-state index contributed by atoms with van der Waals surface area (Å²) in [5.74, 6) is 0.276. The van der Waals surface area contributed by atoms with Crippen LogP contribution in [0.1, 0.15) is 35.1 Å². The number of hydrogen-bond donors (Lipinski definition) is 1. The number of aldehydes is 1. The quantitative estimate of drug-likeness (QED) is 0.534. The van der Waals surface area contributed by atoms with Crippen LogP contribution in [-0.2, 0) is 9.59 Å². The molecule has 0 bridgehead atoms. The van der Waals surface area contributed by atoms with E-state index in [-0.39, 0.29) is 12.2 Å². The van der Waals surface area contributed by atoms with Gasteiger partial charge in [0.25, 0.3) is 0 Å². The molecule has 1 aromatic carbocycles. The molecule has 1 amide bonds. The van der Waals surface area contributed by atoms with Gasteiger partial charge in [-0.3, -0.25) is 18.8 Å². The van der Waals surface area contributed by atoms with Crippen LogP contribution in [0.4, 0.5) is 5.69 Å². The first-order chi connectivity index (χ1) is 12.9. The number of aromatic nitrogens is 2. The smallest absolute Gasteiger partial charge is 0.231 e. The Balaban J connectivity index is 2.01. The highest BCUT2D eigenvalue weighted by Crippen LogP contribution is 2.35. The molecule has 0 saturated carbocycles. The Kier molecular flexibility index (Phi) is 5.03. The van der Waals surface area contributed by atoms with Gasteiger partial charge < -0.3 is 10.1 Å². The molecular weight excluding hydrogens is 346 g/mol. The molecule has 2 heterocycles. The number of rotatable bonds is 6. The van der Waals surface area contributed by atoms with Crippen molar-refractivity contribution < 1.29 is 19.1 Å². The predicted molar refractivity (Wildman–Crippen MR) is 100 cm³/mol. The number of anilines is 1. The fourth-order valence-corrected chi connectivity index (χ4v) is 2.81. The molecule has 27 heavy (non-hydrogen) atoms. The number of nitrogens with one attached hydrogen (secondary N) is 1. The lowest BCUT2D eigenvalue weighted by Gasteiger charge is -2.15.